The summed E-state index contributed by atoms with van der Waals surface area (Å²) in [5, 5.41) is 3.16. The zero-order valence-electron chi connectivity index (χ0n) is 19.1. The lowest BCUT2D eigenvalue weighted by Gasteiger charge is -2.10. The number of para-hydroxylation sites is 1. The van der Waals surface area contributed by atoms with Gasteiger partial charge in [0, 0.05) is 45.8 Å². The molecule has 0 saturated heterocycles. The molecular formula is C26H24N2O6. The number of fused-ring (bicyclic) bond motifs is 1. The van der Waals surface area contributed by atoms with Crippen molar-refractivity contribution in [3.8, 4) is 5.69 Å². The number of anilines is 1. The summed E-state index contributed by atoms with van der Waals surface area (Å²) >= 11 is 0. The molecule has 4 aromatic rings. The molecule has 0 aliphatic carbocycles. The van der Waals surface area contributed by atoms with Crippen LogP contribution in [0, 0.1) is 13.8 Å². The lowest BCUT2D eigenvalue weighted by Crippen LogP contribution is -2.13. The largest absolute Gasteiger partial charge is 0.457 e. The van der Waals surface area contributed by atoms with Gasteiger partial charge in [-0.25, -0.2) is 14.4 Å². The van der Waals surface area contributed by atoms with Gasteiger partial charge in [0.15, 0.2) is 0 Å². The molecule has 2 heterocycles. The van der Waals surface area contributed by atoms with Crippen molar-refractivity contribution in [3.05, 3.63) is 93.6 Å². The molecule has 0 fully saturated rings. The Morgan fingerprint density at radius 1 is 1.00 bits per heavy atom. The highest BCUT2D eigenvalue weighted by Gasteiger charge is 2.19. The van der Waals surface area contributed by atoms with Gasteiger partial charge in [-0.2, -0.15) is 0 Å². The van der Waals surface area contributed by atoms with Crippen LogP contribution in [0.5, 0.6) is 0 Å². The predicted octanol–water partition coefficient (Wildman–Crippen LogP) is 5.13. The van der Waals surface area contributed by atoms with E-state index in [2.05, 4.69) is 5.32 Å². The number of benzene rings is 2. The van der Waals surface area contributed by atoms with Crippen LogP contribution in [0.25, 0.3) is 16.7 Å². The van der Waals surface area contributed by atoms with Gasteiger partial charge >= 0.3 is 17.7 Å². The lowest BCUT2D eigenvalue weighted by molar-refractivity contribution is 0.0473. The molecule has 0 aliphatic rings. The number of nitrogens with one attached hydrogen (secondary N) is 1. The molecule has 8 heteroatoms. The van der Waals surface area contributed by atoms with Crippen molar-refractivity contribution in [2.75, 3.05) is 11.9 Å². The molecule has 2 aromatic heterocycles. The van der Waals surface area contributed by atoms with Gasteiger partial charge in [0.05, 0.1) is 12.2 Å². The first-order chi connectivity index (χ1) is 16.4. The topological polar surface area (TPSA) is 99.8 Å². The molecule has 0 spiro atoms. The van der Waals surface area contributed by atoms with Crippen LogP contribution in [0.3, 0.4) is 0 Å². The number of hydrogen-bond donors (Lipinski definition) is 1. The van der Waals surface area contributed by atoms with Gasteiger partial charge in [0.2, 0.25) is 0 Å². The van der Waals surface area contributed by atoms with E-state index < -0.39 is 17.7 Å². The zero-order valence-corrected chi connectivity index (χ0v) is 19.1. The number of carbonyl (C=O) groups is 2. The number of aryl methyl sites for hydroxylation is 1. The lowest BCUT2D eigenvalue weighted by atomic mass is 10.1. The molecule has 174 valence electrons. The number of amides is 1. The number of hydrogen-bond acceptors (Lipinski definition) is 6. The maximum Gasteiger partial charge on any atom is 0.411 e. The molecule has 0 aliphatic heterocycles. The summed E-state index contributed by atoms with van der Waals surface area (Å²) in [6, 6.07) is 17.7. The quantitative estimate of drug-likeness (QED) is 0.316. The second-order valence-corrected chi connectivity index (χ2v) is 7.68. The van der Waals surface area contributed by atoms with E-state index in [4.69, 9.17) is 13.9 Å². The maximum absolute atomic E-state index is 12.9. The van der Waals surface area contributed by atoms with Crippen molar-refractivity contribution >= 4 is 28.7 Å². The molecule has 8 nitrogen and oxygen atoms in total. The Hall–Kier alpha value is -4.33. The van der Waals surface area contributed by atoms with Crippen molar-refractivity contribution in [1.82, 2.24) is 4.57 Å². The van der Waals surface area contributed by atoms with Crippen molar-refractivity contribution < 1.29 is 23.5 Å². The third-order valence-corrected chi connectivity index (χ3v) is 5.38. The van der Waals surface area contributed by atoms with Crippen molar-refractivity contribution in [1.29, 1.82) is 0 Å². The summed E-state index contributed by atoms with van der Waals surface area (Å²) in [5.74, 6) is -0.489. The van der Waals surface area contributed by atoms with E-state index >= 15 is 0 Å². The van der Waals surface area contributed by atoms with Gasteiger partial charge in [-0.05, 0) is 51.1 Å². The van der Waals surface area contributed by atoms with Crippen LogP contribution in [0.2, 0.25) is 0 Å². The van der Waals surface area contributed by atoms with Crippen LogP contribution >= 0.6 is 0 Å². The fraction of sp³-hybridized carbons (Fsp3) is 0.192. The molecule has 2 aromatic carbocycles. The average Bonchev–Trinajstić information content (AvgIpc) is 3.11. The first-order valence-corrected chi connectivity index (χ1v) is 10.8. The van der Waals surface area contributed by atoms with E-state index in [0.717, 1.165) is 17.1 Å². The van der Waals surface area contributed by atoms with Crippen LogP contribution in [-0.4, -0.2) is 23.2 Å². The molecule has 0 saturated carbocycles. The Balaban J connectivity index is 1.56. The molecular weight excluding hydrogens is 436 g/mol. The van der Waals surface area contributed by atoms with E-state index in [-0.39, 0.29) is 18.8 Å². The standard InChI is InChI=1S/C26H24N2O6/c1-4-32-26(31)27-19-10-11-21-18(13-24(29)34-23(21)14-19)15-33-25(30)22-12-16(2)28(17(22)3)20-8-6-5-7-9-20/h5-14H,4,15H2,1-3H3,(H,27,31). The SMILES string of the molecule is CCOC(=O)Nc1ccc2c(COC(=O)c3cc(C)n(-c4ccccc4)c3C)cc(=O)oc2c1. The number of nitrogens with zero attached hydrogens (tertiary/aromatic N) is 1. The smallest absolute Gasteiger partial charge is 0.411 e. The van der Waals surface area contributed by atoms with E-state index in [1.54, 1.807) is 25.1 Å². The second-order valence-electron chi connectivity index (χ2n) is 7.68. The zero-order chi connectivity index (χ0) is 24.2. The summed E-state index contributed by atoms with van der Waals surface area (Å²) in [6.07, 6.45) is -0.609. The monoisotopic (exact) mass is 460 g/mol. The summed E-state index contributed by atoms with van der Waals surface area (Å²) < 4.78 is 17.7. The van der Waals surface area contributed by atoms with Gasteiger partial charge < -0.3 is 18.5 Å². The Bertz CT molecular complexity index is 1420. The van der Waals surface area contributed by atoms with Gasteiger partial charge in [-0.1, -0.05) is 18.2 Å². The summed E-state index contributed by atoms with van der Waals surface area (Å²) in [5.41, 5.74) is 3.66. The Kier molecular flexibility index (Phi) is 6.49. The number of rotatable bonds is 6. The van der Waals surface area contributed by atoms with E-state index in [1.807, 2.05) is 48.7 Å². The molecule has 1 amide bonds. The number of esters is 1. The first kappa shape index (κ1) is 22.8. The minimum absolute atomic E-state index is 0.111. The van der Waals surface area contributed by atoms with Crippen LogP contribution in [-0.2, 0) is 16.1 Å². The second kappa shape index (κ2) is 9.66. The predicted molar refractivity (Wildman–Crippen MR) is 127 cm³/mol. The Morgan fingerprint density at radius 2 is 1.76 bits per heavy atom. The summed E-state index contributed by atoms with van der Waals surface area (Å²) in [6.45, 7) is 5.61. The fourth-order valence-corrected chi connectivity index (χ4v) is 3.88. The molecule has 0 atom stereocenters. The van der Waals surface area contributed by atoms with E-state index in [9.17, 15) is 14.4 Å². The van der Waals surface area contributed by atoms with Gasteiger partial charge in [0.1, 0.15) is 12.2 Å². The Morgan fingerprint density at radius 3 is 2.50 bits per heavy atom. The van der Waals surface area contributed by atoms with E-state index in [0.29, 0.717) is 22.2 Å². The van der Waals surface area contributed by atoms with Crippen LogP contribution in [0.15, 0.2) is 69.9 Å². The van der Waals surface area contributed by atoms with Crippen molar-refractivity contribution in [3.63, 3.8) is 0 Å². The highest BCUT2D eigenvalue weighted by Crippen LogP contribution is 2.24. The number of carbonyl (C=O) groups excluding carboxylic acids is 2. The highest BCUT2D eigenvalue weighted by atomic mass is 16.5. The van der Waals surface area contributed by atoms with Gasteiger partial charge in [-0.15, -0.1) is 0 Å². The first-order valence-electron chi connectivity index (χ1n) is 10.8. The van der Waals surface area contributed by atoms with Gasteiger partial charge in [0.25, 0.3) is 0 Å². The normalized spacial score (nSPS) is 10.8. The van der Waals surface area contributed by atoms with Crippen molar-refractivity contribution in [2.45, 2.75) is 27.4 Å². The minimum atomic E-state index is -0.609. The molecule has 34 heavy (non-hydrogen) atoms. The third-order valence-electron chi connectivity index (χ3n) is 5.38. The number of aromatic nitrogens is 1. The summed E-state index contributed by atoms with van der Waals surface area (Å²) in [4.78, 5) is 36.6. The van der Waals surface area contributed by atoms with Gasteiger partial charge in [-0.3, -0.25) is 5.32 Å². The Labute approximate surface area is 195 Å². The molecule has 0 radical (unpaired) electrons. The molecule has 0 bridgehead atoms. The molecule has 1 N–H and O–H groups in total. The third kappa shape index (κ3) is 4.71. The average molecular weight is 460 g/mol. The maximum atomic E-state index is 12.9. The number of ether oxygens (including phenoxy) is 2. The summed E-state index contributed by atoms with van der Waals surface area (Å²) in [7, 11) is 0. The fourth-order valence-electron chi connectivity index (χ4n) is 3.88. The van der Waals surface area contributed by atoms with Crippen LogP contribution in [0.1, 0.15) is 34.2 Å². The molecule has 0 unspecified atom stereocenters. The van der Waals surface area contributed by atoms with Crippen LogP contribution < -0.4 is 10.9 Å². The highest BCUT2D eigenvalue weighted by molar-refractivity contribution is 5.92. The minimum Gasteiger partial charge on any atom is -0.457 e. The van der Waals surface area contributed by atoms with Crippen molar-refractivity contribution in [2.24, 2.45) is 0 Å². The molecule has 4 rings (SSSR count). The van der Waals surface area contributed by atoms with E-state index in [1.165, 1.54) is 12.1 Å². The van der Waals surface area contributed by atoms with Crippen LogP contribution in [0.4, 0.5) is 10.5 Å².